The summed E-state index contributed by atoms with van der Waals surface area (Å²) in [6.07, 6.45) is 26.1. The lowest BCUT2D eigenvalue weighted by Crippen LogP contribution is -2.20. The molecule has 0 bridgehead atoms. The van der Waals surface area contributed by atoms with Crippen LogP contribution in [0.15, 0.2) is 78.9 Å². The summed E-state index contributed by atoms with van der Waals surface area (Å²) in [6.45, 7) is 2.81. The molecule has 2 nitrogen and oxygen atoms in total. The molecule has 0 heterocycles. The van der Waals surface area contributed by atoms with Gasteiger partial charge in [-0.05, 0) is 18.4 Å². The molecule has 0 fully saturated rings. The van der Waals surface area contributed by atoms with E-state index in [-0.39, 0.29) is 5.91 Å². The Kier molecular flexibility index (Phi) is 14.4. The van der Waals surface area contributed by atoms with Gasteiger partial charge in [-0.2, -0.15) is 0 Å². The molecule has 1 aromatic rings. The van der Waals surface area contributed by atoms with E-state index in [1.165, 1.54) is 44.9 Å². The summed E-state index contributed by atoms with van der Waals surface area (Å²) in [4.78, 5) is 11.7. The van der Waals surface area contributed by atoms with Gasteiger partial charge in [0.1, 0.15) is 0 Å². The highest BCUT2D eigenvalue weighted by molar-refractivity contribution is 5.87. The van der Waals surface area contributed by atoms with E-state index in [9.17, 15) is 4.79 Å². The predicted molar refractivity (Wildman–Crippen MR) is 117 cm³/mol. The van der Waals surface area contributed by atoms with E-state index in [1.807, 2.05) is 54.6 Å². The van der Waals surface area contributed by atoms with Gasteiger partial charge in [-0.1, -0.05) is 118 Å². The fourth-order valence-corrected chi connectivity index (χ4v) is 2.64. The second-order valence-electron chi connectivity index (χ2n) is 6.67. The van der Waals surface area contributed by atoms with Crippen LogP contribution in [0.3, 0.4) is 0 Å². The van der Waals surface area contributed by atoms with Crippen LogP contribution in [0, 0.1) is 0 Å². The second kappa shape index (κ2) is 17.1. The molecule has 1 amide bonds. The molecule has 1 N–H and O–H groups in total. The van der Waals surface area contributed by atoms with Crippen LogP contribution < -0.4 is 5.32 Å². The number of allylic oxidation sites excluding steroid dienone is 7. The van der Waals surface area contributed by atoms with Crippen LogP contribution in [-0.2, 0) is 11.3 Å². The fraction of sp³-hybridized carbons (Fsp3) is 0.400. The highest BCUT2D eigenvalue weighted by atomic mass is 16.1. The van der Waals surface area contributed by atoms with Gasteiger partial charge in [0.2, 0.25) is 5.91 Å². The summed E-state index contributed by atoms with van der Waals surface area (Å²) in [5.74, 6) is -0.0814. The lowest BCUT2D eigenvalue weighted by Gasteiger charge is -2.01. The summed E-state index contributed by atoms with van der Waals surface area (Å²) < 4.78 is 0. The molecular formula is C25H35NO. The topological polar surface area (TPSA) is 29.1 Å². The van der Waals surface area contributed by atoms with Crippen molar-refractivity contribution in [3.63, 3.8) is 0 Å². The van der Waals surface area contributed by atoms with Gasteiger partial charge in [0, 0.05) is 12.6 Å². The molecule has 0 atom stereocenters. The number of hydrogen-bond donors (Lipinski definition) is 1. The zero-order valence-electron chi connectivity index (χ0n) is 16.8. The zero-order chi connectivity index (χ0) is 19.4. The monoisotopic (exact) mass is 365 g/mol. The molecule has 0 aliphatic heterocycles. The molecule has 0 saturated heterocycles. The van der Waals surface area contributed by atoms with Gasteiger partial charge in [0.15, 0.2) is 0 Å². The van der Waals surface area contributed by atoms with Gasteiger partial charge in [-0.3, -0.25) is 4.79 Å². The SMILES string of the molecule is CCCCCCCCCC=CC=CC=CC=CC(=O)NCc1ccccc1. The van der Waals surface area contributed by atoms with Crippen molar-refractivity contribution in [1.29, 1.82) is 0 Å². The van der Waals surface area contributed by atoms with E-state index in [1.54, 1.807) is 12.2 Å². The Hall–Kier alpha value is -2.35. The number of nitrogens with one attached hydrogen (secondary N) is 1. The van der Waals surface area contributed by atoms with Gasteiger partial charge in [-0.15, -0.1) is 0 Å². The molecule has 146 valence electrons. The normalized spacial score (nSPS) is 12.0. The summed E-state index contributed by atoms with van der Waals surface area (Å²) in [5, 5.41) is 2.86. The first-order valence-corrected chi connectivity index (χ1v) is 10.3. The van der Waals surface area contributed by atoms with Crippen LogP contribution in [0.4, 0.5) is 0 Å². The molecule has 1 aromatic carbocycles. The van der Waals surface area contributed by atoms with Crippen molar-refractivity contribution in [3.8, 4) is 0 Å². The molecule has 0 radical (unpaired) electrons. The van der Waals surface area contributed by atoms with E-state index < -0.39 is 0 Å². The quantitative estimate of drug-likeness (QED) is 0.223. The maximum atomic E-state index is 11.7. The largest absolute Gasteiger partial charge is 0.348 e. The van der Waals surface area contributed by atoms with Crippen LogP contribution in [-0.4, -0.2) is 5.91 Å². The zero-order valence-corrected chi connectivity index (χ0v) is 16.8. The molecule has 2 heteroatoms. The average molecular weight is 366 g/mol. The van der Waals surface area contributed by atoms with Crippen LogP contribution in [0.2, 0.25) is 0 Å². The first-order chi connectivity index (χ1) is 13.3. The van der Waals surface area contributed by atoms with E-state index in [2.05, 4.69) is 24.4 Å². The van der Waals surface area contributed by atoms with Crippen molar-refractivity contribution in [2.75, 3.05) is 0 Å². The molecule has 0 aromatic heterocycles. The Balaban J connectivity index is 2.03. The minimum Gasteiger partial charge on any atom is -0.348 e. The lowest BCUT2D eigenvalue weighted by molar-refractivity contribution is -0.116. The Morgan fingerprint density at radius 2 is 1.44 bits per heavy atom. The number of benzene rings is 1. The Labute approximate surface area is 165 Å². The van der Waals surface area contributed by atoms with E-state index in [0.29, 0.717) is 6.54 Å². The summed E-state index contributed by atoms with van der Waals surface area (Å²) in [7, 11) is 0. The van der Waals surface area contributed by atoms with Gasteiger partial charge < -0.3 is 5.32 Å². The van der Waals surface area contributed by atoms with Crippen LogP contribution >= 0.6 is 0 Å². The maximum absolute atomic E-state index is 11.7. The molecule has 0 spiro atoms. The summed E-state index contributed by atoms with van der Waals surface area (Å²) in [5.41, 5.74) is 1.10. The first-order valence-electron chi connectivity index (χ1n) is 10.3. The van der Waals surface area contributed by atoms with Crippen molar-refractivity contribution < 1.29 is 4.79 Å². The maximum Gasteiger partial charge on any atom is 0.244 e. The van der Waals surface area contributed by atoms with Crippen molar-refractivity contribution in [2.24, 2.45) is 0 Å². The van der Waals surface area contributed by atoms with E-state index >= 15 is 0 Å². The Bertz CT molecular complexity index is 596. The molecule has 0 saturated carbocycles. The molecule has 1 rings (SSSR count). The number of amides is 1. The number of unbranched alkanes of at least 4 members (excludes halogenated alkanes) is 7. The van der Waals surface area contributed by atoms with Crippen LogP contribution in [0.25, 0.3) is 0 Å². The highest BCUT2D eigenvalue weighted by Crippen LogP contribution is 2.08. The first kappa shape index (κ1) is 22.7. The Morgan fingerprint density at radius 1 is 0.815 bits per heavy atom. The predicted octanol–water partition coefficient (Wildman–Crippen LogP) is 6.67. The molecule has 0 unspecified atom stereocenters. The number of rotatable bonds is 14. The van der Waals surface area contributed by atoms with E-state index in [4.69, 9.17) is 0 Å². The average Bonchev–Trinajstić information content (AvgIpc) is 2.70. The molecular weight excluding hydrogens is 330 g/mol. The van der Waals surface area contributed by atoms with Crippen LogP contribution in [0.5, 0.6) is 0 Å². The van der Waals surface area contributed by atoms with Gasteiger partial charge in [-0.25, -0.2) is 0 Å². The summed E-state index contributed by atoms with van der Waals surface area (Å²) >= 11 is 0. The van der Waals surface area contributed by atoms with Crippen molar-refractivity contribution in [2.45, 2.75) is 64.8 Å². The number of carbonyl (C=O) groups excluding carboxylic acids is 1. The molecule has 0 aliphatic carbocycles. The minimum absolute atomic E-state index is 0.0814. The van der Waals surface area contributed by atoms with Crippen molar-refractivity contribution in [1.82, 2.24) is 5.32 Å². The minimum atomic E-state index is -0.0814. The van der Waals surface area contributed by atoms with Crippen molar-refractivity contribution in [3.05, 3.63) is 84.5 Å². The smallest absolute Gasteiger partial charge is 0.244 e. The van der Waals surface area contributed by atoms with Crippen LogP contribution in [0.1, 0.15) is 63.9 Å². The Morgan fingerprint density at radius 3 is 2.19 bits per heavy atom. The summed E-state index contributed by atoms with van der Waals surface area (Å²) in [6, 6.07) is 9.89. The third-order valence-corrected chi connectivity index (χ3v) is 4.22. The van der Waals surface area contributed by atoms with Gasteiger partial charge in [0.25, 0.3) is 0 Å². The van der Waals surface area contributed by atoms with E-state index in [0.717, 1.165) is 12.0 Å². The molecule has 0 aliphatic rings. The number of hydrogen-bond acceptors (Lipinski definition) is 1. The van der Waals surface area contributed by atoms with Gasteiger partial charge >= 0.3 is 0 Å². The lowest BCUT2D eigenvalue weighted by atomic mass is 10.1. The third kappa shape index (κ3) is 14.5. The second-order valence-corrected chi connectivity index (χ2v) is 6.67. The van der Waals surface area contributed by atoms with Gasteiger partial charge in [0.05, 0.1) is 0 Å². The highest BCUT2D eigenvalue weighted by Gasteiger charge is 1.94. The van der Waals surface area contributed by atoms with Crippen molar-refractivity contribution >= 4 is 5.91 Å². The number of carbonyl (C=O) groups is 1. The molecule has 27 heavy (non-hydrogen) atoms. The fourth-order valence-electron chi connectivity index (χ4n) is 2.64. The standard InChI is InChI=1S/C25H35NO/c1-2-3-4-5-6-7-8-9-10-11-12-13-14-15-19-22-25(27)26-23-24-20-17-16-18-21-24/h10-22H,2-9,23H2,1H3,(H,26,27). The third-order valence-electron chi connectivity index (χ3n) is 4.22.